The maximum atomic E-state index is 12.5. The summed E-state index contributed by atoms with van der Waals surface area (Å²) in [6, 6.07) is -0.0189. The molecular weight excluding hydrogens is 272 g/mol. The molecule has 0 aromatic carbocycles. The highest BCUT2D eigenvalue weighted by Gasteiger charge is 2.28. The maximum absolute atomic E-state index is 12.5. The Balaban J connectivity index is 2.07. The molecule has 0 radical (unpaired) electrons. The molecule has 4 nitrogen and oxygen atoms in total. The number of aryl methyl sites for hydroxylation is 1. The van der Waals surface area contributed by atoms with E-state index in [9.17, 15) is 9.90 Å². The van der Waals surface area contributed by atoms with Gasteiger partial charge in [-0.15, -0.1) is 11.3 Å². The van der Waals surface area contributed by atoms with E-state index in [2.05, 4.69) is 17.1 Å². The van der Waals surface area contributed by atoms with Gasteiger partial charge in [-0.05, 0) is 50.2 Å². The molecule has 0 bridgehead atoms. The first kappa shape index (κ1) is 15.5. The monoisotopic (exact) mass is 296 g/mol. The highest BCUT2D eigenvalue weighted by molar-refractivity contribution is 7.10. The summed E-state index contributed by atoms with van der Waals surface area (Å²) >= 11 is 1.50. The molecule has 1 aliphatic heterocycles. The first-order valence-electron chi connectivity index (χ1n) is 7.40. The number of nitrogens with zero attached hydrogens (tertiary/aromatic N) is 1. The highest BCUT2D eigenvalue weighted by atomic mass is 32.1. The molecule has 1 atom stereocenters. The van der Waals surface area contributed by atoms with E-state index in [1.54, 1.807) is 0 Å². The summed E-state index contributed by atoms with van der Waals surface area (Å²) in [5, 5.41) is 14.4. The third-order valence-corrected chi connectivity index (χ3v) is 4.96. The lowest BCUT2D eigenvalue weighted by molar-refractivity contribution is -0.122. The Kier molecular flexibility index (Phi) is 5.57. The van der Waals surface area contributed by atoms with Gasteiger partial charge >= 0.3 is 0 Å². The second-order valence-electron chi connectivity index (χ2n) is 5.41. The summed E-state index contributed by atoms with van der Waals surface area (Å²) in [7, 11) is 0. The standard InChI is InChI=1S/C15H24N2O2S/c1-3-7-17-8-5-4-6-12(17)15(19)16-14-11(2)10-20-13(14)9-18/h10,12,18H,3-9H2,1-2H3,(H,16,19). The van der Waals surface area contributed by atoms with Crippen LogP contribution < -0.4 is 5.32 Å². The molecular formula is C15H24N2O2S. The fourth-order valence-electron chi connectivity index (χ4n) is 2.83. The average molecular weight is 296 g/mol. The first-order chi connectivity index (χ1) is 9.67. The Bertz CT molecular complexity index is 457. The number of aliphatic hydroxyl groups is 1. The summed E-state index contributed by atoms with van der Waals surface area (Å²) in [6.07, 6.45) is 4.31. The van der Waals surface area contributed by atoms with Gasteiger partial charge in [-0.3, -0.25) is 9.69 Å². The molecule has 0 aliphatic carbocycles. The zero-order chi connectivity index (χ0) is 14.5. The Hall–Kier alpha value is -0.910. The summed E-state index contributed by atoms with van der Waals surface area (Å²) in [4.78, 5) is 15.7. The molecule has 5 heteroatoms. The predicted molar refractivity (Wildman–Crippen MR) is 83.1 cm³/mol. The molecule has 0 spiro atoms. The van der Waals surface area contributed by atoms with Crippen LogP contribution >= 0.6 is 11.3 Å². The van der Waals surface area contributed by atoms with Crippen molar-refractivity contribution in [2.75, 3.05) is 18.4 Å². The van der Waals surface area contributed by atoms with Crippen molar-refractivity contribution in [3.8, 4) is 0 Å². The third-order valence-electron chi connectivity index (χ3n) is 3.87. The minimum Gasteiger partial charge on any atom is -0.391 e. The molecule has 1 aromatic heterocycles. The van der Waals surface area contributed by atoms with Crippen LogP contribution in [0.25, 0.3) is 0 Å². The van der Waals surface area contributed by atoms with Crippen molar-refractivity contribution in [3.05, 3.63) is 15.8 Å². The van der Waals surface area contributed by atoms with Crippen LogP contribution in [0.3, 0.4) is 0 Å². The van der Waals surface area contributed by atoms with Crippen molar-refractivity contribution in [1.29, 1.82) is 0 Å². The van der Waals surface area contributed by atoms with Crippen molar-refractivity contribution in [2.24, 2.45) is 0 Å². The van der Waals surface area contributed by atoms with E-state index in [0.717, 1.165) is 48.5 Å². The molecule has 112 valence electrons. The van der Waals surface area contributed by atoms with Gasteiger partial charge in [0.2, 0.25) is 5.91 Å². The molecule has 1 unspecified atom stereocenters. The highest BCUT2D eigenvalue weighted by Crippen LogP contribution is 2.28. The van der Waals surface area contributed by atoms with E-state index >= 15 is 0 Å². The minimum atomic E-state index is -0.0189. The lowest BCUT2D eigenvalue weighted by Crippen LogP contribution is -2.47. The van der Waals surface area contributed by atoms with E-state index in [0.29, 0.717) is 0 Å². The number of amides is 1. The number of aliphatic hydroxyl groups excluding tert-OH is 1. The summed E-state index contributed by atoms with van der Waals surface area (Å²) in [5.74, 6) is 0.0781. The maximum Gasteiger partial charge on any atom is 0.241 e. The quantitative estimate of drug-likeness (QED) is 0.878. The lowest BCUT2D eigenvalue weighted by atomic mass is 10.0. The van der Waals surface area contributed by atoms with Crippen molar-refractivity contribution in [3.63, 3.8) is 0 Å². The molecule has 1 aliphatic rings. The van der Waals surface area contributed by atoms with Crippen LogP contribution in [0.4, 0.5) is 5.69 Å². The zero-order valence-electron chi connectivity index (χ0n) is 12.3. The van der Waals surface area contributed by atoms with E-state index in [-0.39, 0.29) is 18.6 Å². The minimum absolute atomic E-state index is 0.0164. The van der Waals surface area contributed by atoms with E-state index in [4.69, 9.17) is 0 Å². The van der Waals surface area contributed by atoms with Crippen molar-refractivity contribution >= 4 is 22.9 Å². The second kappa shape index (κ2) is 7.20. The van der Waals surface area contributed by atoms with E-state index < -0.39 is 0 Å². The molecule has 1 saturated heterocycles. The number of carbonyl (C=O) groups is 1. The van der Waals surface area contributed by atoms with Crippen LogP contribution in [0.15, 0.2) is 5.38 Å². The van der Waals surface area contributed by atoms with E-state index in [1.165, 1.54) is 17.8 Å². The van der Waals surface area contributed by atoms with Crippen LogP contribution in [-0.2, 0) is 11.4 Å². The van der Waals surface area contributed by atoms with Gasteiger partial charge < -0.3 is 10.4 Å². The number of hydrogen-bond donors (Lipinski definition) is 2. The summed E-state index contributed by atoms with van der Waals surface area (Å²) in [5.41, 5.74) is 1.84. The number of anilines is 1. The molecule has 1 amide bonds. The van der Waals surface area contributed by atoms with Crippen LogP contribution in [0.5, 0.6) is 0 Å². The number of thiophene rings is 1. The van der Waals surface area contributed by atoms with Gasteiger partial charge in [0.1, 0.15) is 0 Å². The van der Waals surface area contributed by atoms with Crippen LogP contribution in [0, 0.1) is 6.92 Å². The topological polar surface area (TPSA) is 52.6 Å². The number of piperidine rings is 1. The molecule has 1 fully saturated rings. The van der Waals surface area contributed by atoms with Gasteiger partial charge in [0, 0.05) is 0 Å². The SMILES string of the molecule is CCCN1CCCCC1C(=O)Nc1c(C)csc1CO. The number of rotatable bonds is 5. The molecule has 2 N–H and O–H groups in total. The zero-order valence-corrected chi connectivity index (χ0v) is 13.1. The molecule has 0 saturated carbocycles. The van der Waals surface area contributed by atoms with Gasteiger partial charge in [0.05, 0.1) is 23.2 Å². The number of hydrogen-bond acceptors (Lipinski definition) is 4. The Labute approximate surface area is 124 Å². The van der Waals surface area contributed by atoms with E-state index in [1.807, 2.05) is 12.3 Å². The van der Waals surface area contributed by atoms with Gasteiger partial charge in [-0.25, -0.2) is 0 Å². The lowest BCUT2D eigenvalue weighted by Gasteiger charge is -2.34. The molecule has 1 aromatic rings. The van der Waals surface area contributed by atoms with Gasteiger partial charge in [0.25, 0.3) is 0 Å². The summed E-state index contributed by atoms with van der Waals surface area (Å²) < 4.78 is 0. The fraction of sp³-hybridized carbons (Fsp3) is 0.667. The second-order valence-corrected chi connectivity index (χ2v) is 6.38. The number of nitrogens with one attached hydrogen (secondary N) is 1. The predicted octanol–water partition coefficient (Wildman–Crippen LogP) is 2.75. The van der Waals surface area contributed by atoms with Crippen LogP contribution in [0.2, 0.25) is 0 Å². The van der Waals surface area contributed by atoms with Crippen LogP contribution in [0.1, 0.15) is 43.0 Å². The van der Waals surface area contributed by atoms with Gasteiger partial charge in [0.15, 0.2) is 0 Å². The van der Waals surface area contributed by atoms with Crippen molar-refractivity contribution < 1.29 is 9.90 Å². The Morgan fingerprint density at radius 1 is 1.55 bits per heavy atom. The molecule has 2 rings (SSSR count). The van der Waals surface area contributed by atoms with Gasteiger partial charge in [-0.2, -0.15) is 0 Å². The van der Waals surface area contributed by atoms with Crippen molar-refractivity contribution in [2.45, 2.75) is 52.2 Å². The number of likely N-dealkylation sites (tertiary alicyclic amines) is 1. The summed E-state index contributed by atoms with van der Waals surface area (Å²) in [6.45, 7) is 6.10. The van der Waals surface area contributed by atoms with Crippen molar-refractivity contribution in [1.82, 2.24) is 4.90 Å². The average Bonchev–Trinajstić information content (AvgIpc) is 2.80. The Morgan fingerprint density at radius 2 is 2.35 bits per heavy atom. The van der Waals surface area contributed by atoms with Crippen LogP contribution in [-0.4, -0.2) is 35.0 Å². The third kappa shape index (κ3) is 3.40. The largest absolute Gasteiger partial charge is 0.391 e. The fourth-order valence-corrected chi connectivity index (χ4v) is 3.67. The molecule has 20 heavy (non-hydrogen) atoms. The smallest absolute Gasteiger partial charge is 0.241 e. The first-order valence-corrected chi connectivity index (χ1v) is 8.28. The van der Waals surface area contributed by atoms with Gasteiger partial charge in [-0.1, -0.05) is 13.3 Å². The Morgan fingerprint density at radius 3 is 3.05 bits per heavy atom. The molecule has 2 heterocycles. The normalized spacial score (nSPS) is 20.1. The number of carbonyl (C=O) groups excluding carboxylic acids is 1.